The Hall–Kier alpha value is -4.49. The molecule has 0 saturated carbocycles. The van der Waals surface area contributed by atoms with Gasteiger partial charge in [0.2, 0.25) is 0 Å². The number of rotatable bonds is 7. The molecule has 0 bridgehead atoms. The van der Waals surface area contributed by atoms with E-state index in [-0.39, 0.29) is 24.8 Å². The molecule has 1 heterocycles. The number of halogens is 2. The highest BCUT2D eigenvalue weighted by atomic mass is 35.5. The molecule has 5 aromatic rings. The average Bonchev–Trinajstić information content (AvgIpc) is 2.94. The van der Waals surface area contributed by atoms with Gasteiger partial charge in [0.1, 0.15) is 5.82 Å². The zero-order valence-electron chi connectivity index (χ0n) is 20.2. The molecular weight excluding hydrogens is 505 g/mol. The van der Waals surface area contributed by atoms with Crippen LogP contribution in [0.25, 0.3) is 10.9 Å². The van der Waals surface area contributed by atoms with Gasteiger partial charge in [0.15, 0.2) is 0 Å². The van der Waals surface area contributed by atoms with Crippen LogP contribution in [0.1, 0.15) is 27.0 Å². The van der Waals surface area contributed by atoms with Gasteiger partial charge in [0, 0.05) is 17.1 Å². The van der Waals surface area contributed by atoms with Gasteiger partial charge in [-0.3, -0.25) is 18.7 Å². The molecule has 0 aliphatic heterocycles. The first-order valence-corrected chi connectivity index (χ1v) is 12.4. The molecule has 1 N–H and O–H groups in total. The number of hydrogen-bond acceptors (Lipinski definition) is 3. The van der Waals surface area contributed by atoms with E-state index >= 15 is 0 Å². The van der Waals surface area contributed by atoms with Crippen molar-refractivity contribution in [3.8, 4) is 0 Å². The molecular formula is C30H23ClFN3O3. The van der Waals surface area contributed by atoms with Crippen molar-refractivity contribution >= 4 is 28.4 Å². The van der Waals surface area contributed by atoms with Gasteiger partial charge in [-0.05, 0) is 59.2 Å². The van der Waals surface area contributed by atoms with Crippen molar-refractivity contribution < 1.29 is 9.18 Å². The van der Waals surface area contributed by atoms with Gasteiger partial charge in [-0.25, -0.2) is 9.18 Å². The standard InChI is InChI=1S/C30H23ClFN3O3/c31-26-7-3-1-5-23(26)17-33-28(36)22-13-9-20(10-14-22)19-35-29(37)25-6-2-4-8-27(25)34(30(35)38)18-21-11-15-24(32)16-12-21/h1-16H,17-19H2,(H,33,36). The number of benzene rings is 4. The lowest BCUT2D eigenvalue weighted by atomic mass is 10.1. The van der Waals surface area contributed by atoms with Gasteiger partial charge in [-0.15, -0.1) is 0 Å². The Morgan fingerprint density at radius 1 is 0.763 bits per heavy atom. The van der Waals surface area contributed by atoms with Crippen molar-refractivity contribution in [2.75, 3.05) is 0 Å². The van der Waals surface area contributed by atoms with E-state index < -0.39 is 11.2 Å². The molecule has 6 nitrogen and oxygen atoms in total. The number of amides is 1. The number of aromatic nitrogens is 2. The average molecular weight is 528 g/mol. The number of nitrogens with zero attached hydrogens (tertiary/aromatic N) is 2. The molecule has 4 aromatic carbocycles. The second kappa shape index (κ2) is 10.9. The van der Waals surface area contributed by atoms with Crippen molar-refractivity contribution in [3.05, 3.63) is 151 Å². The van der Waals surface area contributed by atoms with Crippen molar-refractivity contribution in [3.63, 3.8) is 0 Å². The number of carbonyl (C=O) groups is 1. The van der Waals surface area contributed by atoms with E-state index in [1.165, 1.54) is 21.3 Å². The van der Waals surface area contributed by atoms with Crippen LogP contribution < -0.4 is 16.6 Å². The second-order valence-electron chi connectivity index (χ2n) is 8.87. The third-order valence-corrected chi connectivity index (χ3v) is 6.71. The summed E-state index contributed by atoms with van der Waals surface area (Å²) in [5, 5.41) is 3.83. The fourth-order valence-corrected chi connectivity index (χ4v) is 4.50. The summed E-state index contributed by atoms with van der Waals surface area (Å²) < 4.78 is 16.1. The molecule has 0 saturated heterocycles. The molecule has 0 aliphatic carbocycles. The smallest absolute Gasteiger partial charge is 0.332 e. The minimum Gasteiger partial charge on any atom is -0.348 e. The molecule has 0 spiro atoms. The monoisotopic (exact) mass is 527 g/mol. The number of nitrogens with one attached hydrogen (secondary N) is 1. The van der Waals surface area contributed by atoms with Crippen LogP contribution in [0.3, 0.4) is 0 Å². The zero-order valence-corrected chi connectivity index (χ0v) is 21.0. The molecule has 0 atom stereocenters. The molecule has 0 aliphatic rings. The summed E-state index contributed by atoms with van der Waals surface area (Å²) in [5.41, 5.74) is 2.31. The summed E-state index contributed by atoms with van der Waals surface area (Å²) in [5.74, 6) is -0.627. The van der Waals surface area contributed by atoms with Crippen LogP contribution in [0.15, 0.2) is 107 Å². The summed E-state index contributed by atoms with van der Waals surface area (Å²) in [7, 11) is 0. The molecule has 38 heavy (non-hydrogen) atoms. The first-order chi connectivity index (χ1) is 18.4. The SMILES string of the molecule is O=C(NCc1ccccc1Cl)c1ccc(Cn2c(=O)c3ccccc3n(Cc3ccc(F)cc3)c2=O)cc1. The lowest BCUT2D eigenvalue weighted by molar-refractivity contribution is 0.0951. The van der Waals surface area contributed by atoms with Crippen molar-refractivity contribution in [2.24, 2.45) is 0 Å². The van der Waals surface area contributed by atoms with E-state index in [1.807, 2.05) is 18.2 Å². The molecule has 1 amide bonds. The van der Waals surface area contributed by atoms with Crippen molar-refractivity contribution in [1.29, 1.82) is 0 Å². The highest BCUT2D eigenvalue weighted by Crippen LogP contribution is 2.15. The zero-order chi connectivity index (χ0) is 26.6. The minimum atomic E-state index is -0.473. The Morgan fingerprint density at radius 3 is 2.08 bits per heavy atom. The van der Waals surface area contributed by atoms with Gasteiger partial charge in [0.05, 0.1) is 24.0 Å². The van der Waals surface area contributed by atoms with E-state index in [0.717, 1.165) is 11.1 Å². The normalized spacial score (nSPS) is 11.0. The molecule has 0 radical (unpaired) electrons. The number of para-hydroxylation sites is 1. The fraction of sp³-hybridized carbons (Fsp3) is 0.100. The quantitative estimate of drug-likeness (QED) is 0.324. The van der Waals surface area contributed by atoms with Gasteiger partial charge in [-0.1, -0.05) is 66.2 Å². The molecule has 0 unspecified atom stereocenters. The Bertz CT molecular complexity index is 1740. The maximum absolute atomic E-state index is 13.5. The van der Waals surface area contributed by atoms with Gasteiger partial charge in [0.25, 0.3) is 11.5 Å². The molecule has 5 rings (SSSR count). The van der Waals surface area contributed by atoms with Crippen LogP contribution in [0.2, 0.25) is 5.02 Å². The van der Waals surface area contributed by atoms with E-state index in [2.05, 4.69) is 5.32 Å². The topological polar surface area (TPSA) is 73.1 Å². The van der Waals surface area contributed by atoms with Gasteiger partial charge >= 0.3 is 5.69 Å². The Morgan fingerprint density at radius 2 is 1.37 bits per heavy atom. The maximum atomic E-state index is 13.5. The first-order valence-electron chi connectivity index (χ1n) is 12.0. The van der Waals surface area contributed by atoms with Crippen LogP contribution in [0, 0.1) is 5.82 Å². The summed E-state index contributed by atoms with van der Waals surface area (Å²) in [6, 6.07) is 26.8. The molecule has 0 fully saturated rings. The van der Waals surface area contributed by atoms with Gasteiger partial charge in [-0.2, -0.15) is 0 Å². The molecule has 1 aromatic heterocycles. The Kier molecular flexibility index (Phi) is 7.20. The highest BCUT2D eigenvalue weighted by molar-refractivity contribution is 6.31. The maximum Gasteiger partial charge on any atom is 0.332 e. The molecule has 190 valence electrons. The van der Waals surface area contributed by atoms with Crippen LogP contribution in [0.4, 0.5) is 4.39 Å². The third kappa shape index (κ3) is 5.28. The summed E-state index contributed by atoms with van der Waals surface area (Å²) in [4.78, 5) is 39.3. The molecule has 8 heteroatoms. The lowest BCUT2D eigenvalue weighted by Crippen LogP contribution is -2.40. The van der Waals surface area contributed by atoms with Crippen LogP contribution in [0.5, 0.6) is 0 Å². The fourth-order valence-electron chi connectivity index (χ4n) is 4.30. The number of carbonyl (C=O) groups excluding carboxylic acids is 1. The van der Waals surface area contributed by atoms with E-state index in [1.54, 1.807) is 66.7 Å². The lowest BCUT2D eigenvalue weighted by Gasteiger charge is -2.14. The second-order valence-corrected chi connectivity index (χ2v) is 9.28. The van der Waals surface area contributed by atoms with Gasteiger partial charge < -0.3 is 5.32 Å². The van der Waals surface area contributed by atoms with E-state index in [0.29, 0.717) is 33.6 Å². The Balaban J connectivity index is 1.41. The summed E-state index contributed by atoms with van der Waals surface area (Å²) >= 11 is 6.15. The Labute approximate surface area is 222 Å². The predicted octanol–water partition coefficient (Wildman–Crippen LogP) is 4.98. The van der Waals surface area contributed by atoms with Crippen molar-refractivity contribution in [2.45, 2.75) is 19.6 Å². The number of hydrogen-bond donors (Lipinski definition) is 1. The van der Waals surface area contributed by atoms with E-state index in [4.69, 9.17) is 11.6 Å². The minimum absolute atomic E-state index is 0.0352. The first kappa shape index (κ1) is 25.2. The van der Waals surface area contributed by atoms with Crippen LogP contribution >= 0.6 is 11.6 Å². The van der Waals surface area contributed by atoms with E-state index in [9.17, 15) is 18.8 Å². The highest BCUT2D eigenvalue weighted by Gasteiger charge is 2.14. The summed E-state index contributed by atoms with van der Waals surface area (Å²) in [6.45, 7) is 0.512. The van der Waals surface area contributed by atoms with Crippen LogP contribution in [-0.2, 0) is 19.6 Å². The summed E-state index contributed by atoms with van der Waals surface area (Å²) in [6.07, 6.45) is 0. The largest absolute Gasteiger partial charge is 0.348 e. The van der Waals surface area contributed by atoms with Crippen LogP contribution in [-0.4, -0.2) is 15.0 Å². The predicted molar refractivity (Wildman–Crippen MR) is 146 cm³/mol. The van der Waals surface area contributed by atoms with Crippen molar-refractivity contribution in [1.82, 2.24) is 14.5 Å². The number of fused-ring (bicyclic) bond motifs is 1. The third-order valence-electron chi connectivity index (χ3n) is 6.34.